The van der Waals surface area contributed by atoms with Crippen molar-refractivity contribution in [1.82, 2.24) is 10.2 Å². The summed E-state index contributed by atoms with van der Waals surface area (Å²) in [7, 11) is 7.44. The summed E-state index contributed by atoms with van der Waals surface area (Å²) in [6, 6.07) is 20.4. The van der Waals surface area contributed by atoms with Crippen LogP contribution < -0.4 is 24.3 Å². The van der Waals surface area contributed by atoms with Gasteiger partial charge >= 0.3 is 0 Å². The van der Waals surface area contributed by atoms with E-state index in [1.807, 2.05) is 44.4 Å². The van der Waals surface area contributed by atoms with Gasteiger partial charge in [0.2, 0.25) is 0 Å². The van der Waals surface area contributed by atoms with E-state index in [4.69, 9.17) is 18.9 Å². The van der Waals surface area contributed by atoms with E-state index in [1.54, 1.807) is 14.2 Å². The Hall–Kier alpha value is -3.22. The molecule has 1 aliphatic heterocycles. The number of para-hydroxylation sites is 1. The van der Waals surface area contributed by atoms with Crippen LogP contribution in [0.15, 0.2) is 60.7 Å². The van der Waals surface area contributed by atoms with E-state index in [0.29, 0.717) is 13.2 Å². The van der Waals surface area contributed by atoms with E-state index in [0.717, 1.165) is 53.6 Å². The summed E-state index contributed by atoms with van der Waals surface area (Å²) in [6.45, 7) is 2.74. The third-order valence-corrected chi connectivity index (χ3v) is 6.04. The van der Waals surface area contributed by atoms with E-state index >= 15 is 0 Å². The lowest BCUT2D eigenvalue weighted by molar-refractivity contribution is 0.250. The van der Waals surface area contributed by atoms with Gasteiger partial charge in [-0.3, -0.25) is 0 Å². The third kappa shape index (κ3) is 5.46. The SMILES string of the molecule is COc1cc2c(cc1OCCN(C)C)C(c1cccc(OC)c1OCc1ccccc1)NCC2. The van der Waals surface area contributed by atoms with Crippen LogP contribution >= 0.6 is 0 Å². The van der Waals surface area contributed by atoms with Gasteiger partial charge in [0, 0.05) is 18.7 Å². The van der Waals surface area contributed by atoms with Crippen LogP contribution in [-0.2, 0) is 13.0 Å². The van der Waals surface area contributed by atoms with Gasteiger partial charge in [-0.05, 0) is 55.4 Å². The van der Waals surface area contributed by atoms with Crippen molar-refractivity contribution in [2.45, 2.75) is 19.1 Å². The number of benzene rings is 3. The molecule has 1 atom stereocenters. The van der Waals surface area contributed by atoms with Crippen molar-refractivity contribution in [3.05, 3.63) is 82.9 Å². The zero-order valence-corrected chi connectivity index (χ0v) is 20.5. The first-order valence-electron chi connectivity index (χ1n) is 11.7. The average Bonchev–Trinajstić information content (AvgIpc) is 2.86. The summed E-state index contributed by atoms with van der Waals surface area (Å²) in [5.41, 5.74) is 4.57. The molecule has 3 aromatic carbocycles. The van der Waals surface area contributed by atoms with Crippen molar-refractivity contribution in [3.63, 3.8) is 0 Å². The van der Waals surface area contributed by atoms with Crippen molar-refractivity contribution in [2.75, 3.05) is 48.0 Å². The second-order valence-corrected chi connectivity index (χ2v) is 8.64. The summed E-state index contributed by atoms with van der Waals surface area (Å²) in [4.78, 5) is 2.10. The second kappa shape index (κ2) is 11.3. The summed E-state index contributed by atoms with van der Waals surface area (Å²) in [5, 5.41) is 3.68. The Labute approximate surface area is 202 Å². The minimum Gasteiger partial charge on any atom is -0.493 e. The fourth-order valence-corrected chi connectivity index (χ4v) is 4.26. The summed E-state index contributed by atoms with van der Waals surface area (Å²) < 4.78 is 23.8. The first-order valence-corrected chi connectivity index (χ1v) is 11.7. The van der Waals surface area contributed by atoms with Gasteiger partial charge in [-0.2, -0.15) is 0 Å². The fourth-order valence-electron chi connectivity index (χ4n) is 4.26. The molecule has 0 saturated heterocycles. The maximum Gasteiger partial charge on any atom is 0.166 e. The number of rotatable bonds is 10. The quantitative estimate of drug-likeness (QED) is 0.480. The smallest absolute Gasteiger partial charge is 0.166 e. The van der Waals surface area contributed by atoms with Crippen molar-refractivity contribution in [3.8, 4) is 23.0 Å². The number of hydrogen-bond acceptors (Lipinski definition) is 6. The lowest BCUT2D eigenvalue weighted by Crippen LogP contribution is -2.31. The topological polar surface area (TPSA) is 52.2 Å². The van der Waals surface area contributed by atoms with E-state index in [9.17, 15) is 0 Å². The molecule has 180 valence electrons. The Balaban J connectivity index is 1.69. The average molecular weight is 463 g/mol. The van der Waals surface area contributed by atoms with E-state index in [1.165, 1.54) is 11.1 Å². The molecule has 3 aromatic rings. The van der Waals surface area contributed by atoms with Crippen LogP contribution in [-0.4, -0.2) is 52.9 Å². The van der Waals surface area contributed by atoms with Crippen LogP contribution in [0.2, 0.25) is 0 Å². The zero-order valence-electron chi connectivity index (χ0n) is 20.5. The molecule has 6 nitrogen and oxygen atoms in total. The number of hydrogen-bond donors (Lipinski definition) is 1. The van der Waals surface area contributed by atoms with Crippen LogP contribution in [0.5, 0.6) is 23.0 Å². The van der Waals surface area contributed by atoms with Gasteiger partial charge in [-0.25, -0.2) is 0 Å². The molecule has 0 amide bonds. The monoisotopic (exact) mass is 462 g/mol. The predicted molar refractivity (Wildman–Crippen MR) is 134 cm³/mol. The number of likely N-dealkylation sites (N-methyl/N-ethyl adjacent to an activating group) is 1. The zero-order chi connectivity index (χ0) is 23.9. The molecule has 0 radical (unpaired) electrons. The van der Waals surface area contributed by atoms with Crippen LogP contribution in [0.1, 0.15) is 28.3 Å². The maximum atomic E-state index is 6.35. The molecule has 1 heterocycles. The molecule has 0 bridgehead atoms. The van der Waals surface area contributed by atoms with Crippen molar-refractivity contribution in [2.24, 2.45) is 0 Å². The maximum absolute atomic E-state index is 6.35. The molecule has 0 saturated carbocycles. The molecular formula is C28H34N2O4. The highest BCUT2D eigenvalue weighted by molar-refractivity contribution is 5.56. The second-order valence-electron chi connectivity index (χ2n) is 8.64. The number of methoxy groups -OCH3 is 2. The highest BCUT2D eigenvalue weighted by Gasteiger charge is 2.28. The minimum absolute atomic E-state index is 0.0493. The van der Waals surface area contributed by atoms with E-state index in [-0.39, 0.29) is 6.04 Å². The van der Waals surface area contributed by atoms with Gasteiger partial charge in [-0.1, -0.05) is 42.5 Å². The molecular weight excluding hydrogens is 428 g/mol. The summed E-state index contributed by atoms with van der Waals surface area (Å²) in [5.74, 6) is 3.00. The molecule has 4 rings (SSSR count). The van der Waals surface area contributed by atoms with Gasteiger partial charge in [0.25, 0.3) is 0 Å². The molecule has 0 aromatic heterocycles. The Kier molecular flexibility index (Phi) is 7.93. The Bertz CT molecular complexity index is 1090. The molecule has 0 fully saturated rings. The lowest BCUT2D eigenvalue weighted by atomic mass is 9.88. The highest BCUT2D eigenvalue weighted by Crippen LogP contribution is 2.42. The Morgan fingerprint density at radius 3 is 2.38 bits per heavy atom. The largest absolute Gasteiger partial charge is 0.493 e. The van der Waals surface area contributed by atoms with Gasteiger partial charge in [0.15, 0.2) is 23.0 Å². The van der Waals surface area contributed by atoms with Crippen molar-refractivity contribution >= 4 is 0 Å². The molecule has 6 heteroatoms. The number of nitrogens with one attached hydrogen (secondary N) is 1. The minimum atomic E-state index is -0.0493. The predicted octanol–water partition coefficient (Wildman–Crippen LogP) is 4.46. The third-order valence-electron chi connectivity index (χ3n) is 6.04. The molecule has 1 N–H and O–H groups in total. The van der Waals surface area contributed by atoms with E-state index in [2.05, 4.69) is 40.5 Å². The normalized spacial score (nSPS) is 15.0. The molecule has 1 unspecified atom stereocenters. The van der Waals surface area contributed by atoms with Gasteiger partial charge in [-0.15, -0.1) is 0 Å². The number of ether oxygens (including phenoxy) is 4. The van der Waals surface area contributed by atoms with Gasteiger partial charge in [0.05, 0.1) is 20.3 Å². The van der Waals surface area contributed by atoms with Crippen LogP contribution in [0.4, 0.5) is 0 Å². The van der Waals surface area contributed by atoms with Crippen LogP contribution in [0, 0.1) is 0 Å². The number of nitrogens with zero attached hydrogens (tertiary/aromatic N) is 1. The fraction of sp³-hybridized carbons (Fsp3) is 0.357. The molecule has 1 aliphatic rings. The van der Waals surface area contributed by atoms with E-state index < -0.39 is 0 Å². The standard InChI is InChI=1S/C28H34N2O4/c1-30(2)15-16-33-26-18-23-21(17-25(26)32-4)13-14-29-27(23)22-11-8-12-24(31-3)28(22)34-19-20-9-6-5-7-10-20/h5-12,17-18,27,29H,13-16,19H2,1-4H3. The first kappa shape index (κ1) is 23.9. The van der Waals surface area contributed by atoms with Crippen molar-refractivity contribution < 1.29 is 18.9 Å². The number of fused-ring (bicyclic) bond motifs is 1. The molecule has 0 aliphatic carbocycles. The Morgan fingerprint density at radius 2 is 1.65 bits per heavy atom. The van der Waals surface area contributed by atoms with Crippen LogP contribution in [0.3, 0.4) is 0 Å². The van der Waals surface area contributed by atoms with Crippen molar-refractivity contribution in [1.29, 1.82) is 0 Å². The first-order chi connectivity index (χ1) is 16.6. The lowest BCUT2D eigenvalue weighted by Gasteiger charge is -2.30. The summed E-state index contributed by atoms with van der Waals surface area (Å²) >= 11 is 0. The molecule has 0 spiro atoms. The van der Waals surface area contributed by atoms with Crippen LogP contribution in [0.25, 0.3) is 0 Å². The molecule has 34 heavy (non-hydrogen) atoms. The Morgan fingerprint density at radius 1 is 0.853 bits per heavy atom. The van der Waals surface area contributed by atoms with Gasteiger partial charge < -0.3 is 29.2 Å². The summed E-state index contributed by atoms with van der Waals surface area (Å²) in [6.07, 6.45) is 0.921. The highest BCUT2D eigenvalue weighted by atomic mass is 16.5. The van der Waals surface area contributed by atoms with Gasteiger partial charge in [0.1, 0.15) is 13.2 Å².